The number of halogens is 2. The van der Waals surface area contributed by atoms with Crippen molar-refractivity contribution in [3.8, 4) is 0 Å². The normalized spacial score (nSPS) is 20.9. The Labute approximate surface area is 162 Å². The lowest BCUT2D eigenvalue weighted by Gasteiger charge is -2.32. The third-order valence-electron chi connectivity index (χ3n) is 4.93. The maximum Gasteiger partial charge on any atom is 0.161 e. The summed E-state index contributed by atoms with van der Waals surface area (Å²) < 4.78 is 26.6. The van der Waals surface area contributed by atoms with E-state index < -0.39 is 0 Å². The molecule has 0 bridgehead atoms. The van der Waals surface area contributed by atoms with Gasteiger partial charge in [-0.05, 0) is 78.1 Å². The van der Waals surface area contributed by atoms with Crippen molar-refractivity contribution >= 4 is 23.0 Å². The van der Waals surface area contributed by atoms with Gasteiger partial charge < -0.3 is 5.32 Å². The summed E-state index contributed by atoms with van der Waals surface area (Å²) in [5, 5.41) is 4.33. The summed E-state index contributed by atoms with van der Waals surface area (Å²) in [6.45, 7) is 0. The molecule has 5 heteroatoms. The lowest BCUT2D eigenvalue weighted by atomic mass is 9.84. The third-order valence-corrected chi connectivity index (χ3v) is 5.53. The van der Waals surface area contributed by atoms with Gasteiger partial charge in [0.2, 0.25) is 0 Å². The fraction of sp³-hybridized carbons (Fsp3) is 0.227. The largest absolute Gasteiger partial charge is 0.335 e. The highest BCUT2D eigenvalue weighted by molar-refractivity contribution is 8.13. The molecule has 1 unspecified atom stereocenters. The summed E-state index contributed by atoms with van der Waals surface area (Å²) >= 11 is 1.57. The molecule has 0 saturated heterocycles. The molecule has 1 aliphatic heterocycles. The van der Waals surface area contributed by atoms with E-state index in [9.17, 15) is 8.78 Å². The summed E-state index contributed by atoms with van der Waals surface area (Å²) in [7, 11) is 0. The molecule has 2 nitrogen and oxygen atoms in total. The lowest BCUT2D eigenvalue weighted by Crippen LogP contribution is -2.30. The average molecular weight is 382 g/mol. The van der Waals surface area contributed by atoms with E-state index in [4.69, 9.17) is 4.99 Å². The number of nitrogens with zero attached hydrogens (tertiary/aromatic N) is 1. The standard InChI is InChI=1S/C22H20F2N2S/c1-27-22-25-20(15-7-11-18(24)12-8-15)19-4-2-3-16(21(19)26-22)13-14-5-9-17(23)10-6-14/h5-13,20H,2-4H2,1H3,(H,25,26). The van der Waals surface area contributed by atoms with Gasteiger partial charge in [0.25, 0.3) is 0 Å². The first-order chi connectivity index (χ1) is 13.1. The van der Waals surface area contributed by atoms with Crippen molar-refractivity contribution in [2.45, 2.75) is 25.3 Å². The number of allylic oxidation sites excluding steroid dienone is 1. The van der Waals surface area contributed by atoms with Crippen LogP contribution in [0.1, 0.15) is 36.4 Å². The number of hydrogen-bond donors (Lipinski definition) is 1. The Balaban J connectivity index is 1.76. The molecule has 1 N–H and O–H groups in total. The van der Waals surface area contributed by atoms with Gasteiger partial charge in [-0.2, -0.15) is 0 Å². The third kappa shape index (κ3) is 3.83. The van der Waals surface area contributed by atoms with Crippen LogP contribution in [0.4, 0.5) is 8.78 Å². The molecule has 0 spiro atoms. The number of benzene rings is 2. The number of amidine groups is 1. The van der Waals surface area contributed by atoms with Crippen LogP contribution in [0, 0.1) is 11.6 Å². The van der Waals surface area contributed by atoms with Crippen molar-refractivity contribution in [3.63, 3.8) is 0 Å². The molecular formula is C22H20F2N2S. The first-order valence-electron chi connectivity index (χ1n) is 8.98. The van der Waals surface area contributed by atoms with E-state index in [0.29, 0.717) is 0 Å². The minimum absolute atomic E-state index is 0.0961. The van der Waals surface area contributed by atoms with Gasteiger partial charge in [-0.15, -0.1) is 0 Å². The van der Waals surface area contributed by atoms with Crippen LogP contribution < -0.4 is 5.32 Å². The van der Waals surface area contributed by atoms with Gasteiger partial charge in [-0.3, -0.25) is 0 Å². The van der Waals surface area contributed by atoms with Crippen LogP contribution in [0.5, 0.6) is 0 Å². The van der Waals surface area contributed by atoms with Crippen molar-refractivity contribution in [2.75, 3.05) is 6.26 Å². The zero-order chi connectivity index (χ0) is 18.8. The van der Waals surface area contributed by atoms with Gasteiger partial charge in [0, 0.05) is 5.70 Å². The Bertz CT molecular complexity index is 928. The molecule has 1 heterocycles. The van der Waals surface area contributed by atoms with E-state index in [1.165, 1.54) is 35.4 Å². The van der Waals surface area contributed by atoms with Gasteiger partial charge in [0.1, 0.15) is 17.7 Å². The quantitative estimate of drug-likeness (QED) is 0.705. The van der Waals surface area contributed by atoms with Crippen LogP contribution >= 0.6 is 11.8 Å². The van der Waals surface area contributed by atoms with Crippen molar-refractivity contribution in [1.29, 1.82) is 0 Å². The second-order valence-corrected chi connectivity index (χ2v) is 7.49. The molecule has 0 fully saturated rings. The molecule has 2 aliphatic rings. The number of hydrogen-bond acceptors (Lipinski definition) is 3. The molecule has 4 rings (SSSR count). The summed E-state index contributed by atoms with van der Waals surface area (Å²) in [6, 6.07) is 13.1. The topological polar surface area (TPSA) is 24.4 Å². The zero-order valence-corrected chi connectivity index (χ0v) is 15.8. The molecule has 1 aliphatic carbocycles. The molecule has 27 heavy (non-hydrogen) atoms. The minimum Gasteiger partial charge on any atom is -0.335 e. The summed E-state index contributed by atoms with van der Waals surface area (Å²) in [5.41, 5.74) is 5.53. The number of aliphatic imine (C=N–C) groups is 1. The molecule has 0 radical (unpaired) electrons. The predicted octanol–water partition coefficient (Wildman–Crippen LogP) is 5.85. The highest BCUT2D eigenvalue weighted by atomic mass is 32.2. The van der Waals surface area contributed by atoms with Crippen molar-refractivity contribution in [3.05, 3.63) is 88.1 Å². The van der Waals surface area contributed by atoms with Gasteiger partial charge in [0.05, 0.1) is 0 Å². The molecule has 0 aromatic heterocycles. The Morgan fingerprint density at radius 1 is 1.00 bits per heavy atom. The van der Waals surface area contributed by atoms with Gasteiger partial charge >= 0.3 is 0 Å². The molecule has 0 saturated carbocycles. The van der Waals surface area contributed by atoms with Crippen LogP contribution in [0.3, 0.4) is 0 Å². The smallest absolute Gasteiger partial charge is 0.161 e. The fourth-order valence-electron chi connectivity index (χ4n) is 3.62. The first kappa shape index (κ1) is 18.0. The maximum atomic E-state index is 13.4. The van der Waals surface area contributed by atoms with Gasteiger partial charge in [-0.1, -0.05) is 36.0 Å². The predicted molar refractivity (Wildman–Crippen MR) is 108 cm³/mol. The van der Waals surface area contributed by atoms with E-state index in [1.807, 2.05) is 18.4 Å². The number of thioether (sulfide) groups is 1. The summed E-state index contributed by atoms with van der Waals surface area (Å²) in [5.74, 6) is -0.471. The van der Waals surface area contributed by atoms with E-state index >= 15 is 0 Å². The monoisotopic (exact) mass is 382 g/mol. The molecule has 0 amide bonds. The van der Waals surface area contributed by atoms with E-state index in [1.54, 1.807) is 23.9 Å². The Hall–Kier alpha value is -2.40. The average Bonchev–Trinajstić information content (AvgIpc) is 2.70. The molecule has 2 aromatic rings. The Morgan fingerprint density at radius 2 is 1.67 bits per heavy atom. The second-order valence-electron chi connectivity index (χ2n) is 6.69. The van der Waals surface area contributed by atoms with Gasteiger partial charge in [0.15, 0.2) is 5.17 Å². The molecule has 138 valence electrons. The van der Waals surface area contributed by atoms with Gasteiger partial charge in [-0.25, -0.2) is 13.8 Å². The Kier molecular flexibility index (Phi) is 5.12. The van der Waals surface area contributed by atoms with E-state index in [2.05, 4.69) is 11.4 Å². The molecular weight excluding hydrogens is 362 g/mol. The van der Waals surface area contributed by atoms with E-state index in [0.717, 1.165) is 41.3 Å². The Morgan fingerprint density at radius 3 is 2.33 bits per heavy atom. The second kappa shape index (κ2) is 7.69. The summed E-state index contributed by atoms with van der Waals surface area (Å²) in [6.07, 6.45) is 7.06. The van der Waals surface area contributed by atoms with Crippen LogP contribution in [-0.2, 0) is 0 Å². The number of nitrogens with one attached hydrogen (secondary N) is 1. The van der Waals surface area contributed by atoms with Crippen LogP contribution in [-0.4, -0.2) is 11.4 Å². The minimum atomic E-state index is -0.239. The van der Waals surface area contributed by atoms with Crippen LogP contribution in [0.2, 0.25) is 0 Å². The van der Waals surface area contributed by atoms with Crippen LogP contribution in [0.25, 0.3) is 6.08 Å². The lowest BCUT2D eigenvalue weighted by molar-refractivity contribution is 0.623. The fourth-order valence-corrected chi connectivity index (χ4v) is 4.04. The SMILES string of the molecule is CSC1=NC(c2ccc(F)cc2)C2=C(N1)C(=Cc1ccc(F)cc1)CCC2. The summed E-state index contributed by atoms with van der Waals surface area (Å²) in [4.78, 5) is 4.85. The van der Waals surface area contributed by atoms with Crippen molar-refractivity contribution in [2.24, 2.45) is 4.99 Å². The van der Waals surface area contributed by atoms with E-state index in [-0.39, 0.29) is 17.7 Å². The van der Waals surface area contributed by atoms with Crippen molar-refractivity contribution in [1.82, 2.24) is 5.32 Å². The number of rotatable bonds is 2. The molecule has 2 aromatic carbocycles. The highest BCUT2D eigenvalue weighted by Gasteiger charge is 2.29. The molecule has 1 atom stereocenters. The maximum absolute atomic E-state index is 13.4. The zero-order valence-electron chi connectivity index (χ0n) is 15.0. The van der Waals surface area contributed by atoms with Crippen molar-refractivity contribution < 1.29 is 8.78 Å². The van der Waals surface area contributed by atoms with Crippen LogP contribution in [0.15, 0.2) is 70.4 Å². The first-order valence-corrected chi connectivity index (χ1v) is 10.2. The highest BCUT2D eigenvalue weighted by Crippen LogP contribution is 2.41.